The Hall–Kier alpha value is -0.650. The highest BCUT2D eigenvalue weighted by Gasteiger charge is 2.14. The molecule has 0 saturated carbocycles. The molecule has 1 aromatic carbocycles. The molecule has 1 fully saturated rings. The summed E-state index contributed by atoms with van der Waals surface area (Å²) in [5.74, 6) is -0.305. The molecule has 0 aromatic heterocycles. The Morgan fingerprint density at radius 1 is 1.35 bits per heavy atom. The zero-order valence-electron chi connectivity index (χ0n) is 9.55. The van der Waals surface area contributed by atoms with Gasteiger partial charge in [-0.25, -0.2) is 4.39 Å². The monoisotopic (exact) mass is 302 g/mol. The van der Waals surface area contributed by atoms with E-state index in [0.29, 0.717) is 16.5 Å². The van der Waals surface area contributed by atoms with Crippen molar-refractivity contribution in [3.63, 3.8) is 0 Å². The Labute approximate surface area is 109 Å². The van der Waals surface area contributed by atoms with E-state index >= 15 is 0 Å². The number of hydrogen-bond donors (Lipinski definition) is 2. The van der Waals surface area contributed by atoms with Gasteiger partial charge < -0.3 is 15.3 Å². The van der Waals surface area contributed by atoms with Crippen molar-refractivity contribution in [2.45, 2.75) is 6.42 Å². The number of hydrogen-bond acceptors (Lipinski definition) is 3. The summed E-state index contributed by atoms with van der Waals surface area (Å²) in [6, 6.07) is 2.91. The number of benzene rings is 1. The Morgan fingerprint density at radius 3 is 2.76 bits per heavy atom. The van der Waals surface area contributed by atoms with Gasteiger partial charge in [-0.1, -0.05) is 0 Å². The second kappa shape index (κ2) is 5.80. The number of piperazine rings is 1. The Balaban J connectivity index is 2.00. The summed E-state index contributed by atoms with van der Waals surface area (Å²) in [5.41, 5.74) is 0.401. The topological polar surface area (TPSA) is 35.5 Å². The lowest BCUT2D eigenvalue weighted by Crippen LogP contribution is -2.44. The molecule has 2 N–H and O–H groups in total. The first-order valence-corrected chi connectivity index (χ1v) is 6.56. The zero-order chi connectivity index (χ0) is 12.3. The van der Waals surface area contributed by atoms with Gasteiger partial charge in [0.25, 0.3) is 0 Å². The van der Waals surface area contributed by atoms with Crippen molar-refractivity contribution in [1.82, 2.24) is 10.2 Å². The van der Waals surface area contributed by atoms with Gasteiger partial charge in [0.2, 0.25) is 0 Å². The molecule has 1 aliphatic rings. The van der Waals surface area contributed by atoms with Gasteiger partial charge in [0.1, 0.15) is 11.6 Å². The van der Waals surface area contributed by atoms with Gasteiger partial charge in [-0.2, -0.15) is 0 Å². The summed E-state index contributed by atoms with van der Waals surface area (Å²) >= 11 is 3.21. The van der Waals surface area contributed by atoms with E-state index < -0.39 is 0 Å². The van der Waals surface area contributed by atoms with Crippen LogP contribution in [-0.4, -0.2) is 42.7 Å². The van der Waals surface area contributed by atoms with Gasteiger partial charge in [-0.15, -0.1) is 0 Å². The van der Waals surface area contributed by atoms with Crippen LogP contribution in [0.3, 0.4) is 0 Å². The SMILES string of the molecule is Oc1c(Br)ccc(F)c1CCN1CCNCC1. The van der Waals surface area contributed by atoms with Gasteiger partial charge in [0.15, 0.2) is 0 Å². The minimum atomic E-state index is -0.333. The highest BCUT2D eigenvalue weighted by Crippen LogP contribution is 2.30. The van der Waals surface area contributed by atoms with Crippen LogP contribution in [0.5, 0.6) is 5.75 Å². The molecule has 0 radical (unpaired) electrons. The van der Waals surface area contributed by atoms with E-state index in [-0.39, 0.29) is 11.6 Å². The Kier molecular flexibility index (Phi) is 4.36. The number of aromatic hydroxyl groups is 1. The van der Waals surface area contributed by atoms with Crippen LogP contribution < -0.4 is 5.32 Å². The lowest BCUT2D eigenvalue weighted by molar-refractivity contribution is 0.242. The third-order valence-electron chi connectivity index (χ3n) is 3.06. The van der Waals surface area contributed by atoms with E-state index in [1.165, 1.54) is 12.1 Å². The number of phenolic OH excluding ortho intramolecular Hbond substituents is 1. The van der Waals surface area contributed by atoms with Crippen LogP contribution in [-0.2, 0) is 6.42 Å². The highest BCUT2D eigenvalue weighted by molar-refractivity contribution is 9.10. The first-order chi connectivity index (χ1) is 8.18. The van der Waals surface area contributed by atoms with Crippen LogP contribution in [0.1, 0.15) is 5.56 Å². The van der Waals surface area contributed by atoms with Crippen LogP contribution in [0.15, 0.2) is 16.6 Å². The molecule has 1 heterocycles. The largest absolute Gasteiger partial charge is 0.506 e. The van der Waals surface area contributed by atoms with Crippen molar-refractivity contribution in [2.24, 2.45) is 0 Å². The number of nitrogens with zero attached hydrogens (tertiary/aromatic N) is 1. The van der Waals surface area contributed by atoms with E-state index in [1.54, 1.807) is 0 Å². The molecule has 0 bridgehead atoms. The number of rotatable bonds is 3. The summed E-state index contributed by atoms with van der Waals surface area (Å²) in [6.07, 6.45) is 0.539. The molecule has 94 valence electrons. The normalized spacial score (nSPS) is 17.3. The quantitative estimate of drug-likeness (QED) is 0.893. The molecule has 1 saturated heterocycles. The molecule has 5 heteroatoms. The zero-order valence-corrected chi connectivity index (χ0v) is 11.1. The van der Waals surface area contributed by atoms with Crippen LogP contribution in [0.2, 0.25) is 0 Å². The third kappa shape index (κ3) is 3.18. The molecule has 1 aromatic rings. The summed E-state index contributed by atoms with van der Waals surface area (Å²) in [4.78, 5) is 2.27. The lowest BCUT2D eigenvalue weighted by Gasteiger charge is -2.27. The van der Waals surface area contributed by atoms with E-state index in [2.05, 4.69) is 26.1 Å². The van der Waals surface area contributed by atoms with Crippen molar-refractivity contribution in [1.29, 1.82) is 0 Å². The van der Waals surface area contributed by atoms with Gasteiger partial charge in [0, 0.05) is 38.3 Å². The average molecular weight is 303 g/mol. The molecule has 2 rings (SSSR count). The van der Waals surface area contributed by atoms with Crippen molar-refractivity contribution < 1.29 is 9.50 Å². The first kappa shape index (κ1) is 12.8. The van der Waals surface area contributed by atoms with Crippen LogP contribution in [0.25, 0.3) is 0 Å². The van der Waals surface area contributed by atoms with Crippen LogP contribution >= 0.6 is 15.9 Å². The molecule has 0 amide bonds. The first-order valence-electron chi connectivity index (χ1n) is 5.77. The number of nitrogens with one attached hydrogen (secondary N) is 1. The maximum Gasteiger partial charge on any atom is 0.135 e. The predicted octanol–water partition coefficient (Wildman–Crippen LogP) is 1.74. The lowest BCUT2D eigenvalue weighted by atomic mass is 10.1. The predicted molar refractivity (Wildman–Crippen MR) is 68.8 cm³/mol. The fraction of sp³-hybridized carbons (Fsp3) is 0.500. The fourth-order valence-electron chi connectivity index (χ4n) is 2.03. The fourth-order valence-corrected chi connectivity index (χ4v) is 2.40. The van der Waals surface area contributed by atoms with E-state index in [4.69, 9.17) is 0 Å². The minimum Gasteiger partial charge on any atom is -0.506 e. The van der Waals surface area contributed by atoms with Crippen molar-refractivity contribution in [2.75, 3.05) is 32.7 Å². The molecular formula is C12H16BrFN2O. The van der Waals surface area contributed by atoms with Gasteiger partial charge in [-0.05, 0) is 34.5 Å². The average Bonchev–Trinajstić information content (AvgIpc) is 2.35. The second-order valence-corrected chi connectivity index (χ2v) is 5.05. The maximum atomic E-state index is 13.6. The number of halogens is 2. The smallest absolute Gasteiger partial charge is 0.135 e. The van der Waals surface area contributed by atoms with Crippen molar-refractivity contribution >= 4 is 15.9 Å². The summed E-state index contributed by atoms with van der Waals surface area (Å²) in [6.45, 7) is 4.70. The minimum absolute atomic E-state index is 0.0279. The molecule has 0 spiro atoms. The molecular weight excluding hydrogens is 287 g/mol. The standard InChI is InChI=1S/C12H16BrFN2O/c13-10-1-2-11(14)9(12(10)17)3-6-16-7-4-15-5-8-16/h1-2,15,17H,3-8H2. The van der Waals surface area contributed by atoms with Gasteiger partial charge in [-0.3, -0.25) is 0 Å². The number of phenols is 1. The summed E-state index contributed by atoms with van der Waals surface area (Å²) in [5, 5.41) is 13.1. The Morgan fingerprint density at radius 2 is 2.06 bits per heavy atom. The van der Waals surface area contributed by atoms with Crippen molar-refractivity contribution in [3.8, 4) is 5.75 Å². The van der Waals surface area contributed by atoms with Crippen LogP contribution in [0, 0.1) is 5.82 Å². The second-order valence-electron chi connectivity index (χ2n) is 4.20. The highest BCUT2D eigenvalue weighted by atomic mass is 79.9. The molecule has 0 atom stereocenters. The summed E-state index contributed by atoms with van der Waals surface area (Å²) < 4.78 is 14.1. The molecule has 0 aliphatic carbocycles. The molecule has 17 heavy (non-hydrogen) atoms. The van der Waals surface area contributed by atoms with Crippen molar-refractivity contribution in [3.05, 3.63) is 28.0 Å². The molecule has 1 aliphatic heterocycles. The molecule has 3 nitrogen and oxygen atoms in total. The van der Waals surface area contributed by atoms with Crippen LogP contribution in [0.4, 0.5) is 4.39 Å². The van der Waals surface area contributed by atoms with E-state index in [0.717, 1.165) is 32.7 Å². The van der Waals surface area contributed by atoms with Gasteiger partial charge in [0.05, 0.1) is 4.47 Å². The maximum absolute atomic E-state index is 13.6. The van der Waals surface area contributed by atoms with E-state index in [9.17, 15) is 9.50 Å². The Bertz CT molecular complexity index is 394. The third-order valence-corrected chi connectivity index (χ3v) is 3.70. The van der Waals surface area contributed by atoms with E-state index in [1.807, 2.05) is 0 Å². The molecule has 0 unspecified atom stereocenters. The summed E-state index contributed by atoms with van der Waals surface area (Å²) in [7, 11) is 0. The van der Waals surface area contributed by atoms with Gasteiger partial charge >= 0.3 is 0 Å².